The molecule has 0 amide bonds. The van der Waals surface area contributed by atoms with Gasteiger partial charge in [0.1, 0.15) is 17.7 Å². The minimum atomic E-state index is 0.771. The number of hydrogen-bond donors (Lipinski definition) is 1. The number of unbranched alkanes of at least 4 members (excludes halogenated alkanes) is 1. The summed E-state index contributed by atoms with van der Waals surface area (Å²) in [5.74, 6) is 1.91. The molecule has 1 fully saturated rings. The van der Waals surface area contributed by atoms with E-state index in [1.54, 1.807) is 0 Å². The van der Waals surface area contributed by atoms with Crippen molar-refractivity contribution < 1.29 is 0 Å². The molecular formula is C18H27N5. The van der Waals surface area contributed by atoms with E-state index < -0.39 is 0 Å². The van der Waals surface area contributed by atoms with E-state index in [9.17, 15) is 5.26 Å². The quantitative estimate of drug-likeness (QED) is 0.847. The van der Waals surface area contributed by atoms with Crippen molar-refractivity contribution in [1.82, 2.24) is 9.88 Å². The van der Waals surface area contributed by atoms with Crippen molar-refractivity contribution in [2.45, 2.75) is 45.6 Å². The summed E-state index contributed by atoms with van der Waals surface area (Å²) >= 11 is 0. The van der Waals surface area contributed by atoms with E-state index in [1.165, 1.54) is 24.0 Å². The van der Waals surface area contributed by atoms with Gasteiger partial charge >= 0.3 is 0 Å². The Labute approximate surface area is 139 Å². The number of pyridine rings is 1. The summed E-state index contributed by atoms with van der Waals surface area (Å²) in [7, 11) is 2.15. The van der Waals surface area contributed by atoms with Crippen LogP contribution in [0.1, 0.15) is 49.3 Å². The van der Waals surface area contributed by atoms with E-state index in [2.05, 4.69) is 35.2 Å². The zero-order valence-electron chi connectivity index (χ0n) is 14.4. The second-order valence-corrected chi connectivity index (χ2v) is 6.69. The summed E-state index contributed by atoms with van der Waals surface area (Å²) in [5, 5.41) is 13.1. The molecule has 0 aliphatic carbocycles. The fourth-order valence-corrected chi connectivity index (χ4v) is 3.57. The van der Waals surface area contributed by atoms with Crippen molar-refractivity contribution >= 4 is 11.6 Å². The summed E-state index contributed by atoms with van der Waals surface area (Å²) in [6.07, 6.45) is 5.67. The number of nitriles is 1. The SMILES string of the molecule is CCCCNc1nc(N2CCCC2)c2c(c1C#N)CCN(C)C2. The Kier molecular flexibility index (Phi) is 5.02. The van der Waals surface area contributed by atoms with E-state index in [0.717, 1.165) is 69.2 Å². The predicted octanol–water partition coefficient (Wildman–Crippen LogP) is 2.75. The largest absolute Gasteiger partial charge is 0.369 e. The van der Waals surface area contributed by atoms with Gasteiger partial charge in [-0.15, -0.1) is 0 Å². The maximum Gasteiger partial charge on any atom is 0.146 e. The lowest BCUT2D eigenvalue weighted by Crippen LogP contribution is -2.31. The van der Waals surface area contributed by atoms with Crippen molar-refractivity contribution in [2.24, 2.45) is 0 Å². The van der Waals surface area contributed by atoms with Crippen LogP contribution in [-0.2, 0) is 13.0 Å². The Hall–Kier alpha value is -1.80. The number of likely N-dealkylation sites (N-methyl/N-ethyl adjacent to an activating group) is 1. The van der Waals surface area contributed by atoms with E-state index in [4.69, 9.17) is 4.98 Å². The van der Waals surface area contributed by atoms with E-state index in [-0.39, 0.29) is 0 Å². The smallest absolute Gasteiger partial charge is 0.146 e. The highest BCUT2D eigenvalue weighted by Crippen LogP contribution is 2.34. The molecule has 1 aromatic heterocycles. The van der Waals surface area contributed by atoms with E-state index in [1.807, 2.05) is 0 Å². The average molecular weight is 313 g/mol. The molecule has 0 spiro atoms. The van der Waals surface area contributed by atoms with Crippen molar-refractivity contribution in [2.75, 3.05) is 43.4 Å². The normalized spacial score (nSPS) is 17.9. The van der Waals surface area contributed by atoms with Gasteiger partial charge in [0.15, 0.2) is 0 Å². The number of hydrogen-bond acceptors (Lipinski definition) is 5. The molecular weight excluding hydrogens is 286 g/mol. The molecule has 2 aliphatic heterocycles. The third kappa shape index (κ3) is 3.28. The van der Waals surface area contributed by atoms with Gasteiger partial charge < -0.3 is 15.1 Å². The molecule has 0 unspecified atom stereocenters. The Balaban J connectivity index is 2.03. The average Bonchev–Trinajstić information content (AvgIpc) is 3.08. The molecule has 1 aromatic rings. The number of nitrogens with one attached hydrogen (secondary N) is 1. The van der Waals surface area contributed by atoms with E-state index in [0.29, 0.717) is 0 Å². The van der Waals surface area contributed by atoms with Crippen LogP contribution in [0.2, 0.25) is 0 Å². The first-order valence-corrected chi connectivity index (χ1v) is 8.87. The van der Waals surface area contributed by atoms with Gasteiger partial charge in [-0.1, -0.05) is 13.3 Å². The van der Waals surface area contributed by atoms with Crippen LogP contribution in [0.5, 0.6) is 0 Å². The van der Waals surface area contributed by atoms with Crippen molar-refractivity contribution in [3.63, 3.8) is 0 Å². The first-order chi connectivity index (χ1) is 11.2. The summed E-state index contributed by atoms with van der Waals surface area (Å²) in [4.78, 5) is 9.65. The number of fused-ring (bicyclic) bond motifs is 1. The first-order valence-electron chi connectivity index (χ1n) is 8.87. The maximum atomic E-state index is 9.70. The van der Waals surface area contributed by atoms with Crippen LogP contribution in [-0.4, -0.2) is 43.1 Å². The molecule has 0 radical (unpaired) electrons. The minimum absolute atomic E-state index is 0.771. The third-order valence-corrected chi connectivity index (χ3v) is 4.90. The number of rotatable bonds is 5. The zero-order chi connectivity index (χ0) is 16.2. The fraction of sp³-hybridized carbons (Fsp3) is 0.667. The standard InChI is InChI=1S/C18H27N5/c1-3-4-8-20-17-15(12-19)14-7-11-22(2)13-16(14)18(21-17)23-9-5-6-10-23/h3-11,13H2,1-2H3,(H,20,21). The van der Waals surface area contributed by atoms with Gasteiger partial charge in [-0.3, -0.25) is 0 Å². The van der Waals surface area contributed by atoms with Crippen LogP contribution in [0.15, 0.2) is 0 Å². The van der Waals surface area contributed by atoms with Gasteiger partial charge in [0.2, 0.25) is 0 Å². The second kappa shape index (κ2) is 7.18. The fourth-order valence-electron chi connectivity index (χ4n) is 3.57. The van der Waals surface area contributed by atoms with Gasteiger partial charge in [0.05, 0.1) is 5.56 Å². The van der Waals surface area contributed by atoms with Crippen LogP contribution >= 0.6 is 0 Å². The first kappa shape index (κ1) is 16.1. The molecule has 0 aromatic carbocycles. The third-order valence-electron chi connectivity index (χ3n) is 4.90. The molecule has 3 heterocycles. The second-order valence-electron chi connectivity index (χ2n) is 6.69. The van der Waals surface area contributed by atoms with E-state index >= 15 is 0 Å². The molecule has 0 saturated carbocycles. The van der Waals surface area contributed by atoms with Crippen LogP contribution in [0, 0.1) is 11.3 Å². The van der Waals surface area contributed by atoms with Crippen LogP contribution in [0.3, 0.4) is 0 Å². The molecule has 124 valence electrons. The molecule has 23 heavy (non-hydrogen) atoms. The Morgan fingerprint density at radius 3 is 2.70 bits per heavy atom. The highest BCUT2D eigenvalue weighted by Gasteiger charge is 2.27. The zero-order valence-corrected chi connectivity index (χ0v) is 14.4. The Morgan fingerprint density at radius 2 is 2.00 bits per heavy atom. The van der Waals surface area contributed by atoms with Gasteiger partial charge in [-0.2, -0.15) is 5.26 Å². The number of anilines is 2. The summed E-state index contributed by atoms with van der Waals surface area (Å²) in [5.41, 5.74) is 3.27. The van der Waals surface area contributed by atoms with Gasteiger partial charge in [0, 0.05) is 38.3 Å². The molecule has 5 nitrogen and oxygen atoms in total. The molecule has 1 N–H and O–H groups in total. The molecule has 3 rings (SSSR count). The molecule has 0 bridgehead atoms. The Bertz CT molecular complexity index is 598. The Morgan fingerprint density at radius 1 is 1.22 bits per heavy atom. The molecule has 0 atom stereocenters. The highest BCUT2D eigenvalue weighted by atomic mass is 15.2. The summed E-state index contributed by atoms with van der Waals surface area (Å²) in [6.45, 7) is 7.15. The van der Waals surface area contributed by atoms with Crippen LogP contribution in [0.4, 0.5) is 11.6 Å². The van der Waals surface area contributed by atoms with Gasteiger partial charge in [-0.25, -0.2) is 4.98 Å². The van der Waals surface area contributed by atoms with Crippen molar-refractivity contribution in [1.29, 1.82) is 5.26 Å². The molecule has 2 aliphatic rings. The number of aromatic nitrogens is 1. The molecule has 5 heteroatoms. The lowest BCUT2D eigenvalue weighted by Gasteiger charge is -2.31. The van der Waals surface area contributed by atoms with Gasteiger partial charge in [0.25, 0.3) is 0 Å². The minimum Gasteiger partial charge on any atom is -0.369 e. The lowest BCUT2D eigenvalue weighted by atomic mass is 9.95. The maximum absolute atomic E-state index is 9.70. The van der Waals surface area contributed by atoms with Gasteiger partial charge in [-0.05, 0) is 38.3 Å². The summed E-state index contributed by atoms with van der Waals surface area (Å²) < 4.78 is 0. The highest BCUT2D eigenvalue weighted by molar-refractivity contribution is 5.67. The summed E-state index contributed by atoms with van der Waals surface area (Å²) in [6, 6.07) is 2.42. The topological polar surface area (TPSA) is 55.2 Å². The monoisotopic (exact) mass is 313 g/mol. The number of nitrogens with zero attached hydrogens (tertiary/aromatic N) is 4. The van der Waals surface area contributed by atoms with Crippen molar-refractivity contribution in [3.05, 3.63) is 16.7 Å². The lowest BCUT2D eigenvalue weighted by molar-refractivity contribution is 0.312. The molecule has 1 saturated heterocycles. The predicted molar refractivity (Wildman–Crippen MR) is 93.8 cm³/mol. The van der Waals surface area contributed by atoms with Crippen molar-refractivity contribution in [3.8, 4) is 6.07 Å². The van der Waals surface area contributed by atoms with Crippen LogP contribution in [0.25, 0.3) is 0 Å². The van der Waals surface area contributed by atoms with Crippen LogP contribution < -0.4 is 10.2 Å².